The molecule has 0 unspecified atom stereocenters. The fourth-order valence-corrected chi connectivity index (χ4v) is 4.06. The molecule has 3 aromatic rings. The maximum absolute atomic E-state index is 12.7. The average Bonchev–Trinajstić information content (AvgIpc) is 3.40. The minimum Gasteiger partial charge on any atom is -0.355 e. The van der Waals surface area contributed by atoms with Crippen LogP contribution in [-0.4, -0.2) is 29.1 Å². The highest BCUT2D eigenvalue weighted by Crippen LogP contribution is 2.35. The third kappa shape index (κ3) is 2.91. The third-order valence-corrected chi connectivity index (χ3v) is 5.82. The molecule has 2 aromatic heterocycles. The van der Waals surface area contributed by atoms with Crippen molar-refractivity contribution in [3.8, 4) is 16.7 Å². The van der Waals surface area contributed by atoms with E-state index in [-0.39, 0.29) is 5.91 Å². The third-order valence-electron chi connectivity index (χ3n) is 4.94. The molecule has 1 aliphatic rings. The van der Waals surface area contributed by atoms with Crippen LogP contribution in [0.4, 0.5) is 0 Å². The summed E-state index contributed by atoms with van der Waals surface area (Å²) in [5.74, 6) is 0.465. The molecule has 1 aromatic carbocycles. The fourth-order valence-electron chi connectivity index (χ4n) is 3.39. The van der Waals surface area contributed by atoms with Gasteiger partial charge in [-0.05, 0) is 29.9 Å². The second-order valence-corrected chi connectivity index (χ2v) is 7.35. The van der Waals surface area contributed by atoms with Crippen LogP contribution < -0.4 is 0 Å². The number of nitrogens with zero attached hydrogens (tertiary/aromatic N) is 3. The highest BCUT2D eigenvalue weighted by atomic mass is 32.1. The highest BCUT2D eigenvalue weighted by molar-refractivity contribution is 7.13. The molecular formula is C20H17N3O2S. The molecule has 1 amide bonds. The van der Waals surface area contributed by atoms with Crippen molar-refractivity contribution in [3.05, 3.63) is 65.2 Å². The molecule has 0 bridgehead atoms. The number of rotatable bonds is 3. The summed E-state index contributed by atoms with van der Waals surface area (Å²) >= 11 is 1.54. The van der Waals surface area contributed by atoms with Gasteiger partial charge in [0.15, 0.2) is 11.5 Å². The standard InChI is InChI=1S/C20H17N3O2S/c21-14-20(15-5-2-1-3-6-15)8-10-23(11-9-20)19(24)16-13-17(25-22-16)18-7-4-12-26-18/h1-7,12-13H,8-11H2. The van der Waals surface area contributed by atoms with Crippen LogP contribution >= 0.6 is 11.3 Å². The predicted octanol–water partition coefficient (Wildman–Crippen LogP) is 4.10. The van der Waals surface area contributed by atoms with Crippen LogP contribution in [0.1, 0.15) is 28.9 Å². The van der Waals surface area contributed by atoms with E-state index in [9.17, 15) is 10.1 Å². The molecule has 1 fully saturated rings. The largest absolute Gasteiger partial charge is 0.355 e. The van der Waals surface area contributed by atoms with E-state index in [1.807, 2.05) is 47.8 Å². The highest BCUT2D eigenvalue weighted by Gasteiger charge is 2.38. The minimum atomic E-state index is -0.524. The van der Waals surface area contributed by atoms with Crippen molar-refractivity contribution < 1.29 is 9.32 Å². The quantitative estimate of drug-likeness (QED) is 0.702. The van der Waals surface area contributed by atoms with Gasteiger partial charge in [0.2, 0.25) is 0 Å². The molecule has 0 spiro atoms. The van der Waals surface area contributed by atoms with Crippen molar-refractivity contribution in [1.82, 2.24) is 10.1 Å². The maximum atomic E-state index is 12.7. The van der Waals surface area contributed by atoms with Gasteiger partial charge in [0.25, 0.3) is 5.91 Å². The Morgan fingerprint density at radius 1 is 1.19 bits per heavy atom. The molecule has 0 radical (unpaired) electrons. The van der Waals surface area contributed by atoms with Crippen molar-refractivity contribution in [3.63, 3.8) is 0 Å². The van der Waals surface area contributed by atoms with Crippen LogP contribution in [-0.2, 0) is 5.41 Å². The molecule has 26 heavy (non-hydrogen) atoms. The van der Waals surface area contributed by atoms with Gasteiger partial charge in [0.05, 0.1) is 16.4 Å². The van der Waals surface area contributed by atoms with E-state index in [1.165, 1.54) is 0 Å². The predicted molar refractivity (Wildman–Crippen MR) is 98.7 cm³/mol. The van der Waals surface area contributed by atoms with Gasteiger partial charge in [-0.15, -0.1) is 11.3 Å². The van der Waals surface area contributed by atoms with Crippen molar-refractivity contribution in [1.29, 1.82) is 5.26 Å². The van der Waals surface area contributed by atoms with Gasteiger partial charge in [0, 0.05) is 19.2 Å². The summed E-state index contributed by atoms with van der Waals surface area (Å²) in [4.78, 5) is 15.4. The van der Waals surface area contributed by atoms with Crippen molar-refractivity contribution in [2.45, 2.75) is 18.3 Å². The van der Waals surface area contributed by atoms with E-state index < -0.39 is 5.41 Å². The first kappa shape index (κ1) is 16.6. The van der Waals surface area contributed by atoms with Crippen molar-refractivity contribution in [2.24, 2.45) is 0 Å². The molecule has 0 N–H and O–H groups in total. The number of carbonyl (C=O) groups excluding carboxylic acids is 1. The van der Waals surface area contributed by atoms with E-state index in [4.69, 9.17) is 4.52 Å². The van der Waals surface area contributed by atoms with Gasteiger partial charge in [0.1, 0.15) is 0 Å². The molecule has 1 aliphatic heterocycles. The van der Waals surface area contributed by atoms with Gasteiger partial charge in [-0.2, -0.15) is 5.26 Å². The Labute approximate surface area is 155 Å². The van der Waals surface area contributed by atoms with Crippen LogP contribution in [0.15, 0.2) is 58.4 Å². The monoisotopic (exact) mass is 363 g/mol. The number of aromatic nitrogens is 1. The molecule has 0 saturated carbocycles. The molecule has 5 nitrogen and oxygen atoms in total. The molecule has 130 valence electrons. The van der Waals surface area contributed by atoms with Gasteiger partial charge >= 0.3 is 0 Å². The number of thiophene rings is 1. The zero-order valence-corrected chi connectivity index (χ0v) is 14.9. The Kier molecular flexibility index (Phi) is 4.31. The van der Waals surface area contributed by atoms with E-state index in [2.05, 4.69) is 11.2 Å². The lowest BCUT2D eigenvalue weighted by atomic mass is 9.74. The zero-order valence-electron chi connectivity index (χ0n) is 14.1. The van der Waals surface area contributed by atoms with Crippen LogP contribution in [0.3, 0.4) is 0 Å². The summed E-state index contributed by atoms with van der Waals surface area (Å²) in [6.07, 6.45) is 1.24. The second kappa shape index (κ2) is 6.77. The van der Waals surface area contributed by atoms with Crippen LogP contribution in [0.5, 0.6) is 0 Å². The summed E-state index contributed by atoms with van der Waals surface area (Å²) < 4.78 is 5.31. The Morgan fingerprint density at radius 2 is 1.96 bits per heavy atom. The Balaban J connectivity index is 1.48. The summed E-state index contributed by atoms with van der Waals surface area (Å²) in [6, 6.07) is 17.9. The second-order valence-electron chi connectivity index (χ2n) is 6.41. The lowest BCUT2D eigenvalue weighted by molar-refractivity contribution is 0.0681. The lowest BCUT2D eigenvalue weighted by Gasteiger charge is -2.37. The lowest BCUT2D eigenvalue weighted by Crippen LogP contribution is -2.44. The van der Waals surface area contributed by atoms with Crippen molar-refractivity contribution in [2.75, 3.05) is 13.1 Å². The van der Waals surface area contributed by atoms with Gasteiger partial charge in [-0.25, -0.2) is 0 Å². The topological polar surface area (TPSA) is 70.1 Å². The summed E-state index contributed by atoms with van der Waals surface area (Å²) in [7, 11) is 0. The van der Waals surface area contributed by atoms with Gasteiger partial charge < -0.3 is 9.42 Å². The maximum Gasteiger partial charge on any atom is 0.276 e. The Morgan fingerprint density at radius 3 is 2.62 bits per heavy atom. The molecule has 6 heteroatoms. The Bertz CT molecular complexity index is 933. The van der Waals surface area contributed by atoms with Crippen LogP contribution in [0.25, 0.3) is 10.6 Å². The van der Waals surface area contributed by atoms with Gasteiger partial charge in [-0.3, -0.25) is 4.79 Å². The van der Waals surface area contributed by atoms with Crippen LogP contribution in [0.2, 0.25) is 0 Å². The number of hydrogen-bond acceptors (Lipinski definition) is 5. The normalized spacial score (nSPS) is 16.2. The molecule has 3 heterocycles. The summed E-state index contributed by atoms with van der Waals surface area (Å²) in [5, 5.41) is 15.7. The Hall–Kier alpha value is -2.91. The van der Waals surface area contributed by atoms with E-state index in [1.54, 1.807) is 22.3 Å². The first-order valence-corrected chi connectivity index (χ1v) is 9.36. The molecule has 4 rings (SSSR count). The fraction of sp³-hybridized carbons (Fsp3) is 0.250. The van der Waals surface area contributed by atoms with E-state index in [0.29, 0.717) is 37.4 Å². The van der Waals surface area contributed by atoms with Crippen LogP contribution in [0, 0.1) is 11.3 Å². The van der Waals surface area contributed by atoms with Gasteiger partial charge in [-0.1, -0.05) is 41.6 Å². The molecule has 1 saturated heterocycles. The number of benzene rings is 1. The molecular weight excluding hydrogens is 346 g/mol. The first-order valence-electron chi connectivity index (χ1n) is 8.48. The number of piperidine rings is 1. The number of hydrogen-bond donors (Lipinski definition) is 0. The minimum absolute atomic E-state index is 0.142. The average molecular weight is 363 g/mol. The number of amides is 1. The zero-order chi connectivity index (χ0) is 18.0. The molecule has 0 aliphatic carbocycles. The number of carbonyl (C=O) groups is 1. The summed E-state index contributed by atoms with van der Waals surface area (Å²) in [6.45, 7) is 1.06. The number of likely N-dealkylation sites (tertiary alicyclic amines) is 1. The van der Waals surface area contributed by atoms with E-state index in [0.717, 1.165) is 10.4 Å². The number of nitriles is 1. The van der Waals surface area contributed by atoms with Crippen molar-refractivity contribution >= 4 is 17.2 Å². The first-order chi connectivity index (χ1) is 12.7. The smallest absolute Gasteiger partial charge is 0.276 e. The summed E-state index contributed by atoms with van der Waals surface area (Å²) in [5.41, 5.74) is 0.817. The molecule has 0 atom stereocenters. The van der Waals surface area contributed by atoms with E-state index >= 15 is 0 Å². The SMILES string of the molecule is N#CC1(c2ccccc2)CCN(C(=O)c2cc(-c3cccs3)on2)CC1.